The second kappa shape index (κ2) is 10.5. The van der Waals surface area contributed by atoms with Crippen LogP contribution >= 0.6 is 0 Å². The number of piperidine rings is 2. The van der Waals surface area contributed by atoms with Crippen molar-refractivity contribution in [2.75, 3.05) is 19.6 Å². The monoisotopic (exact) mass is 604 g/mol. The third kappa shape index (κ3) is 6.24. The highest BCUT2D eigenvalue weighted by molar-refractivity contribution is 7.93. The Hall–Kier alpha value is -1.87. The Morgan fingerprint density at radius 2 is 1.62 bits per heavy atom. The molecule has 7 nitrogen and oxygen atoms in total. The van der Waals surface area contributed by atoms with Crippen LogP contribution in [0.5, 0.6) is 0 Å². The summed E-state index contributed by atoms with van der Waals surface area (Å²) in [6, 6.07) is 2.16. The predicted octanol–water partition coefficient (Wildman–Crippen LogP) is 3.59. The number of benzene rings is 1. The van der Waals surface area contributed by atoms with E-state index in [0.717, 1.165) is 18.2 Å². The molecule has 3 fully saturated rings. The van der Waals surface area contributed by atoms with Crippen LogP contribution in [0.4, 0.5) is 26.3 Å². The molecule has 3 aliphatic rings. The van der Waals surface area contributed by atoms with Crippen LogP contribution in [0.1, 0.15) is 44.6 Å². The van der Waals surface area contributed by atoms with Gasteiger partial charge in [-0.15, -0.1) is 0 Å². The fraction of sp³-hybridized carbons (Fsp3) is 0.708. The molecule has 1 aromatic carbocycles. The first kappa shape index (κ1) is 30.1. The largest absolute Gasteiger partial charge is 0.416 e. The number of hydrogen-bond acceptors (Lipinski definition) is 6. The first-order valence-corrected chi connectivity index (χ1v) is 15.8. The molecule has 220 valence electrons. The number of halogens is 6. The molecule has 39 heavy (non-hydrogen) atoms. The van der Waals surface area contributed by atoms with Crippen molar-refractivity contribution in [3.63, 3.8) is 0 Å². The zero-order chi connectivity index (χ0) is 29.0. The molecule has 0 spiro atoms. The molecule has 0 bridgehead atoms. The Morgan fingerprint density at radius 1 is 1.00 bits per heavy atom. The van der Waals surface area contributed by atoms with Crippen LogP contribution in [0.25, 0.3) is 0 Å². The number of alkyl halides is 6. The van der Waals surface area contributed by atoms with Crippen LogP contribution in [0.15, 0.2) is 29.2 Å². The predicted molar refractivity (Wildman–Crippen MR) is 129 cm³/mol. The third-order valence-corrected chi connectivity index (χ3v) is 13.1. The summed E-state index contributed by atoms with van der Waals surface area (Å²) in [6.07, 6.45) is -8.96. The number of carbonyl (C=O) groups is 1. The third-order valence-electron chi connectivity index (χ3n) is 8.11. The van der Waals surface area contributed by atoms with Gasteiger partial charge in [0.05, 0.1) is 32.1 Å². The van der Waals surface area contributed by atoms with Gasteiger partial charge in [0.2, 0.25) is 5.91 Å². The molecular weight excluding hydrogens is 574 g/mol. The number of rotatable bonds is 6. The smallest absolute Gasteiger partial charge is 0.341 e. The minimum atomic E-state index is -4.71. The van der Waals surface area contributed by atoms with E-state index in [1.54, 1.807) is 0 Å². The number of amides is 1. The fourth-order valence-electron chi connectivity index (χ4n) is 5.47. The zero-order valence-electron chi connectivity index (χ0n) is 21.0. The molecule has 2 heterocycles. The highest BCUT2D eigenvalue weighted by Gasteiger charge is 2.54. The first-order valence-electron chi connectivity index (χ1n) is 12.7. The number of sulfone groups is 2. The van der Waals surface area contributed by atoms with Crippen molar-refractivity contribution in [3.8, 4) is 0 Å². The van der Waals surface area contributed by atoms with Crippen molar-refractivity contribution >= 4 is 25.6 Å². The van der Waals surface area contributed by atoms with Crippen molar-refractivity contribution in [1.82, 2.24) is 10.2 Å². The standard InChI is InChI=1S/C24H30F6N2O5S2/c1-14(38(34,35)19-4-2-3-16(11-19)23(25,26)27)15-7-9-32(10-8-15)22(33)21-20(39(36,37)18-5-6-18)12-17(13-31-21)24(28,29)30/h2-4,11,14-15,17-18,20-21,31H,5-10,12-13H2,1H3/t14-,17?,20?,21?/m0/s1. The lowest BCUT2D eigenvalue weighted by molar-refractivity contribution is -0.180. The average Bonchev–Trinajstić information content (AvgIpc) is 3.73. The van der Waals surface area contributed by atoms with Gasteiger partial charge >= 0.3 is 12.4 Å². The molecule has 2 saturated heterocycles. The Labute approximate surface area is 223 Å². The molecule has 2 aliphatic heterocycles. The maximum absolute atomic E-state index is 13.4. The minimum Gasteiger partial charge on any atom is -0.341 e. The summed E-state index contributed by atoms with van der Waals surface area (Å²) in [5.41, 5.74) is -1.08. The molecule has 0 radical (unpaired) electrons. The lowest BCUT2D eigenvalue weighted by atomic mass is 9.91. The maximum Gasteiger partial charge on any atom is 0.416 e. The van der Waals surface area contributed by atoms with Crippen molar-refractivity contribution in [2.24, 2.45) is 11.8 Å². The van der Waals surface area contributed by atoms with E-state index in [2.05, 4.69) is 5.32 Å². The van der Waals surface area contributed by atoms with Crippen LogP contribution in [0.3, 0.4) is 0 Å². The van der Waals surface area contributed by atoms with E-state index in [1.807, 2.05) is 0 Å². The van der Waals surface area contributed by atoms with E-state index in [1.165, 1.54) is 11.8 Å². The fourth-order valence-corrected chi connectivity index (χ4v) is 9.61. The van der Waals surface area contributed by atoms with E-state index < -0.39 is 95.0 Å². The number of nitrogens with zero attached hydrogens (tertiary/aromatic N) is 1. The van der Waals surface area contributed by atoms with Crippen molar-refractivity contribution < 1.29 is 48.0 Å². The van der Waals surface area contributed by atoms with Gasteiger partial charge in [0.15, 0.2) is 19.7 Å². The normalized spacial score (nSPS) is 26.8. The van der Waals surface area contributed by atoms with Gasteiger partial charge in [-0.25, -0.2) is 16.8 Å². The Balaban J connectivity index is 1.45. The van der Waals surface area contributed by atoms with Gasteiger partial charge in [0, 0.05) is 19.6 Å². The van der Waals surface area contributed by atoms with Crippen LogP contribution in [0, 0.1) is 11.8 Å². The highest BCUT2D eigenvalue weighted by Crippen LogP contribution is 2.40. The molecule has 3 unspecified atom stereocenters. The minimum absolute atomic E-state index is 0.0447. The summed E-state index contributed by atoms with van der Waals surface area (Å²) in [5, 5.41) is -0.792. The van der Waals surface area contributed by atoms with Gasteiger partial charge in [-0.05, 0) is 63.1 Å². The Morgan fingerprint density at radius 3 is 2.15 bits per heavy atom. The van der Waals surface area contributed by atoms with E-state index in [9.17, 15) is 48.0 Å². The zero-order valence-corrected chi connectivity index (χ0v) is 22.6. The molecule has 1 N–H and O–H groups in total. The van der Waals surface area contributed by atoms with E-state index in [-0.39, 0.29) is 25.9 Å². The van der Waals surface area contributed by atoms with Gasteiger partial charge in [-0.3, -0.25) is 4.79 Å². The molecule has 1 aromatic rings. The second-order valence-electron chi connectivity index (χ2n) is 10.6. The molecule has 1 aliphatic carbocycles. The average molecular weight is 605 g/mol. The van der Waals surface area contributed by atoms with Crippen LogP contribution in [-0.4, -0.2) is 75.2 Å². The van der Waals surface area contributed by atoms with Crippen molar-refractivity contribution in [2.45, 2.75) is 78.1 Å². The van der Waals surface area contributed by atoms with Gasteiger partial charge in [-0.2, -0.15) is 26.3 Å². The molecule has 4 atom stereocenters. The van der Waals surface area contributed by atoms with Crippen LogP contribution in [0.2, 0.25) is 0 Å². The molecule has 0 aromatic heterocycles. The quantitative estimate of drug-likeness (QED) is 0.499. The Kier molecular flexibility index (Phi) is 8.11. The SMILES string of the molecule is C[C@@H](C1CCN(C(=O)C2NCC(C(F)(F)F)CC2S(=O)(=O)C2CC2)CC1)S(=O)(=O)c1cccc(C(F)(F)F)c1. The number of likely N-dealkylation sites (tertiary alicyclic amines) is 1. The van der Waals surface area contributed by atoms with E-state index in [4.69, 9.17) is 0 Å². The van der Waals surface area contributed by atoms with Gasteiger partial charge < -0.3 is 10.2 Å². The van der Waals surface area contributed by atoms with Crippen LogP contribution < -0.4 is 5.32 Å². The molecule has 4 rings (SSSR count). The highest BCUT2D eigenvalue weighted by atomic mass is 32.2. The summed E-state index contributed by atoms with van der Waals surface area (Å²) < 4.78 is 132. The molecular formula is C24H30F6N2O5S2. The van der Waals surface area contributed by atoms with Gasteiger partial charge in [0.25, 0.3) is 0 Å². The van der Waals surface area contributed by atoms with Crippen molar-refractivity contribution in [1.29, 1.82) is 0 Å². The number of hydrogen-bond donors (Lipinski definition) is 1. The van der Waals surface area contributed by atoms with Gasteiger partial charge in [-0.1, -0.05) is 6.07 Å². The summed E-state index contributed by atoms with van der Waals surface area (Å²) in [4.78, 5) is 14.2. The topological polar surface area (TPSA) is 101 Å². The molecule has 15 heteroatoms. The Bertz CT molecular complexity index is 1290. The first-order chi connectivity index (χ1) is 17.9. The van der Waals surface area contributed by atoms with Crippen LogP contribution in [-0.2, 0) is 30.6 Å². The number of nitrogens with one attached hydrogen (secondary N) is 1. The lowest BCUT2D eigenvalue weighted by Gasteiger charge is -2.41. The maximum atomic E-state index is 13.4. The summed E-state index contributed by atoms with van der Waals surface area (Å²) in [5.74, 6) is -3.03. The van der Waals surface area contributed by atoms with Gasteiger partial charge in [0.1, 0.15) is 6.04 Å². The van der Waals surface area contributed by atoms with Crippen molar-refractivity contribution in [3.05, 3.63) is 29.8 Å². The van der Waals surface area contributed by atoms with E-state index >= 15 is 0 Å². The lowest BCUT2D eigenvalue weighted by Crippen LogP contribution is -2.62. The molecule has 1 amide bonds. The van der Waals surface area contributed by atoms with E-state index in [0.29, 0.717) is 18.9 Å². The summed E-state index contributed by atoms with van der Waals surface area (Å²) in [6.45, 7) is 0.904. The molecule has 1 saturated carbocycles. The number of carbonyl (C=O) groups excluding carboxylic acids is 1. The summed E-state index contributed by atoms with van der Waals surface area (Å²) >= 11 is 0. The summed E-state index contributed by atoms with van der Waals surface area (Å²) in [7, 11) is -8.10. The second-order valence-corrected chi connectivity index (χ2v) is 15.4.